The maximum Gasteiger partial charge on any atom is 0.262 e. The van der Waals surface area contributed by atoms with Crippen molar-refractivity contribution in [1.82, 2.24) is 10.6 Å². The number of hydrogen-bond donors (Lipinski definition) is 2. The molecule has 5 heteroatoms. The van der Waals surface area contributed by atoms with Crippen LogP contribution in [0.25, 0.3) is 0 Å². The Morgan fingerprint density at radius 2 is 2.00 bits per heavy atom. The fraction of sp³-hybridized carbons (Fsp3) is 0.667. The Morgan fingerprint density at radius 1 is 1.30 bits per heavy atom. The van der Waals surface area contributed by atoms with Gasteiger partial charge in [0.05, 0.1) is 5.02 Å². The van der Waals surface area contributed by atoms with E-state index in [1.54, 1.807) is 0 Å². The van der Waals surface area contributed by atoms with E-state index in [9.17, 15) is 4.79 Å². The molecule has 112 valence electrons. The number of hydrogen-bond acceptors (Lipinski definition) is 3. The molecule has 0 bridgehead atoms. The molecule has 1 aliphatic rings. The molecule has 0 saturated heterocycles. The normalized spacial score (nSPS) is 16.9. The van der Waals surface area contributed by atoms with Gasteiger partial charge >= 0.3 is 0 Å². The van der Waals surface area contributed by atoms with Crippen molar-refractivity contribution in [2.24, 2.45) is 0 Å². The molecule has 1 heterocycles. The van der Waals surface area contributed by atoms with Gasteiger partial charge in [0.15, 0.2) is 0 Å². The smallest absolute Gasteiger partial charge is 0.262 e. The van der Waals surface area contributed by atoms with Crippen LogP contribution in [0.5, 0.6) is 0 Å². The van der Waals surface area contributed by atoms with Gasteiger partial charge in [0.2, 0.25) is 0 Å². The summed E-state index contributed by atoms with van der Waals surface area (Å²) in [5, 5.41) is 8.98. The van der Waals surface area contributed by atoms with Crippen LogP contribution in [0.3, 0.4) is 0 Å². The number of halogens is 1. The molecule has 2 N–H and O–H groups in total. The second kappa shape index (κ2) is 8.01. The summed E-state index contributed by atoms with van der Waals surface area (Å²) >= 11 is 7.50. The van der Waals surface area contributed by atoms with E-state index in [0.29, 0.717) is 22.5 Å². The highest BCUT2D eigenvalue weighted by Gasteiger charge is 2.14. The van der Waals surface area contributed by atoms with Crippen molar-refractivity contribution in [3.05, 3.63) is 20.8 Å². The third-order valence-electron chi connectivity index (χ3n) is 3.80. The van der Waals surface area contributed by atoms with E-state index in [1.165, 1.54) is 49.9 Å². The molecular formula is C15H23ClN2OS. The van der Waals surface area contributed by atoms with E-state index in [0.717, 1.165) is 12.1 Å². The first kappa shape index (κ1) is 15.8. The van der Waals surface area contributed by atoms with Crippen LogP contribution in [-0.4, -0.2) is 25.0 Å². The van der Waals surface area contributed by atoms with Crippen LogP contribution in [0.2, 0.25) is 5.02 Å². The average Bonchev–Trinajstić information content (AvgIpc) is 2.67. The van der Waals surface area contributed by atoms with Crippen molar-refractivity contribution in [1.29, 1.82) is 0 Å². The van der Waals surface area contributed by atoms with Crippen LogP contribution in [0, 0.1) is 6.92 Å². The maximum absolute atomic E-state index is 12.0. The van der Waals surface area contributed by atoms with E-state index in [-0.39, 0.29) is 5.91 Å². The zero-order valence-corrected chi connectivity index (χ0v) is 13.6. The summed E-state index contributed by atoms with van der Waals surface area (Å²) < 4.78 is 0. The molecule has 0 aromatic carbocycles. The lowest BCUT2D eigenvalue weighted by Gasteiger charge is -2.16. The number of nitrogens with one attached hydrogen (secondary N) is 2. The molecule has 0 unspecified atom stereocenters. The first-order chi connectivity index (χ1) is 9.68. The SMILES string of the molecule is Cc1csc(C(=O)NCCNC2CCCCCC2)c1Cl. The fourth-order valence-corrected chi connectivity index (χ4v) is 3.79. The topological polar surface area (TPSA) is 41.1 Å². The number of rotatable bonds is 5. The zero-order chi connectivity index (χ0) is 14.4. The Morgan fingerprint density at radius 3 is 2.60 bits per heavy atom. The summed E-state index contributed by atoms with van der Waals surface area (Å²) in [5.74, 6) is -0.0595. The molecule has 1 saturated carbocycles. The molecule has 0 aliphatic heterocycles. The van der Waals surface area contributed by atoms with E-state index in [4.69, 9.17) is 11.6 Å². The molecule has 1 fully saturated rings. The van der Waals surface area contributed by atoms with Gasteiger partial charge in [-0.1, -0.05) is 37.3 Å². The van der Waals surface area contributed by atoms with E-state index >= 15 is 0 Å². The Bertz CT molecular complexity index is 439. The highest BCUT2D eigenvalue weighted by atomic mass is 35.5. The Labute approximate surface area is 130 Å². The third-order valence-corrected chi connectivity index (χ3v) is 5.50. The number of amides is 1. The molecule has 1 aliphatic carbocycles. The van der Waals surface area contributed by atoms with Crippen LogP contribution in [0.1, 0.15) is 53.8 Å². The predicted octanol–water partition coefficient (Wildman–Crippen LogP) is 3.75. The largest absolute Gasteiger partial charge is 0.350 e. The molecule has 1 amide bonds. The first-order valence-electron chi connectivity index (χ1n) is 7.43. The van der Waals surface area contributed by atoms with Crippen LogP contribution in [0.4, 0.5) is 0 Å². The van der Waals surface area contributed by atoms with Crippen LogP contribution in [-0.2, 0) is 0 Å². The van der Waals surface area contributed by atoms with E-state index in [1.807, 2.05) is 12.3 Å². The number of thiophene rings is 1. The summed E-state index contributed by atoms with van der Waals surface area (Å²) in [6.45, 7) is 3.41. The summed E-state index contributed by atoms with van der Waals surface area (Å²) in [7, 11) is 0. The van der Waals surface area contributed by atoms with E-state index < -0.39 is 0 Å². The minimum Gasteiger partial charge on any atom is -0.350 e. The van der Waals surface area contributed by atoms with Gasteiger partial charge in [-0.2, -0.15) is 0 Å². The molecule has 20 heavy (non-hydrogen) atoms. The Kier molecular flexibility index (Phi) is 6.33. The second-order valence-corrected chi connectivity index (χ2v) is 6.72. The van der Waals surface area contributed by atoms with Crippen LogP contribution < -0.4 is 10.6 Å². The molecule has 0 atom stereocenters. The summed E-state index contributed by atoms with van der Waals surface area (Å²) in [6, 6.07) is 0.627. The lowest BCUT2D eigenvalue weighted by Crippen LogP contribution is -2.36. The van der Waals surface area contributed by atoms with Gasteiger partial charge in [0.1, 0.15) is 4.88 Å². The molecule has 3 nitrogen and oxygen atoms in total. The van der Waals surface area contributed by atoms with Crippen LogP contribution >= 0.6 is 22.9 Å². The number of carbonyl (C=O) groups is 1. The lowest BCUT2D eigenvalue weighted by molar-refractivity contribution is 0.0957. The minimum atomic E-state index is -0.0595. The van der Waals surface area contributed by atoms with Gasteiger partial charge in [0, 0.05) is 19.1 Å². The van der Waals surface area contributed by atoms with Gasteiger partial charge < -0.3 is 10.6 Å². The number of carbonyl (C=O) groups excluding carboxylic acids is 1. The predicted molar refractivity (Wildman–Crippen MR) is 85.9 cm³/mol. The summed E-state index contributed by atoms with van der Waals surface area (Å²) in [5.41, 5.74) is 0.971. The quantitative estimate of drug-likeness (QED) is 0.642. The molecule has 1 aromatic rings. The van der Waals surface area contributed by atoms with Crippen molar-refractivity contribution in [2.75, 3.05) is 13.1 Å². The first-order valence-corrected chi connectivity index (χ1v) is 8.69. The van der Waals surface area contributed by atoms with Gasteiger partial charge in [-0.05, 0) is 30.7 Å². The van der Waals surface area contributed by atoms with Gasteiger partial charge in [-0.25, -0.2) is 0 Å². The highest BCUT2D eigenvalue weighted by Crippen LogP contribution is 2.26. The maximum atomic E-state index is 12.0. The fourth-order valence-electron chi connectivity index (χ4n) is 2.60. The van der Waals surface area contributed by atoms with E-state index in [2.05, 4.69) is 10.6 Å². The van der Waals surface area contributed by atoms with Crippen molar-refractivity contribution in [2.45, 2.75) is 51.5 Å². The van der Waals surface area contributed by atoms with Gasteiger partial charge in [-0.3, -0.25) is 4.79 Å². The Balaban J connectivity index is 1.68. The number of aryl methyl sites for hydroxylation is 1. The van der Waals surface area contributed by atoms with Crippen LogP contribution in [0.15, 0.2) is 5.38 Å². The summed E-state index contributed by atoms with van der Waals surface area (Å²) in [6.07, 6.45) is 7.92. The van der Waals surface area contributed by atoms with Crippen molar-refractivity contribution < 1.29 is 4.79 Å². The minimum absolute atomic E-state index is 0.0595. The standard InChI is InChI=1S/C15H23ClN2OS/c1-11-10-20-14(13(11)16)15(19)18-9-8-17-12-6-4-2-3-5-7-12/h10,12,17H,2-9H2,1H3,(H,18,19). The Hall–Kier alpha value is -0.580. The molecule has 1 aromatic heterocycles. The highest BCUT2D eigenvalue weighted by molar-refractivity contribution is 7.13. The average molecular weight is 315 g/mol. The second-order valence-electron chi connectivity index (χ2n) is 5.46. The van der Waals surface area contributed by atoms with Crippen molar-refractivity contribution >= 4 is 28.8 Å². The summed E-state index contributed by atoms with van der Waals surface area (Å²) in [4.78, 5) is 12.6. The van der Waals surface area contributed by atoms with Crippen molar-refractivity contribution in [3.8, 4) is 0 Å². The molecule has 2 rings (SSSR count). The monoisotopic (exact) mass is 314 g/mol. The third kappa shape index (κ3) is 4.47. The molecule has 0 spiro atoms. The molecule has 0 radical (unpaired) electrons. The van der Waals surface area contributed by atoms with Gasteiger partial charge in [-0.15, -0.1) is 11.3 Å². The van der Waals surface area contributed by atoms with Gasteiger partial charge in [0.25, 0.3) is 5.91 Å². The van der Waals surface area contributed by atoms with Crippen molar-refractivity contribution in [3.63, 3.8) is 0 Å². The zero-order valence-electron chi connectivity index (χ0n) is 12.0. The lowest BCUT2D eigenvalue weighted by atomic mass is 10.1. The molecular weight excluding hydrogens is 292 g/mol.